The van der Waals surface area contributed by atoms with Gasteiger partial charge in [0.05, 0.1) is 48.4 Å². The van der Waals surface area contributed by atoms with Gasteiger partial charge in [-0.1, -0.05) is 0 Å². The van der Waals surface area contributed by atoms with Crippen LogP contribution in [-0.4, -0.2) is 45.7 Å². The summed E-state index contributed by atoms with van der Waals surface area (Å²) < 4.78 is 59.4. The number of pyridine rings is 1. The number of ether oxygens (including phenoxy) is 1. The first-order valence-corrected chi connectivity index (χ1v) is 8.54. The Bertz CT molecular complexity index is 1030. The molecule has 1 atom stereocenters. The van der Waals surface area contributed by atoms with E-state index in [1.165, 1.54) is 17.1 Å². The lowest BCUT2D eigenvalue weighted by Crippen LogP contribution is -2.44. The normalized spacial score (nSPS) is 18.0. The number of nitrogens with zero attached hydrogens (tertiary/aromatic N) is 4. The molecule has 0 amide bonds. The summed E-state index contributed by atoms with van der Waals surface area (Å²) in [5.74, 6) is -2.10. The summed E-state index contributed by atoms with van der Waals surface area (Å²) in [4.78, 5) is 6.48. The largest absolute Gasteiger partial charge is 0.505 e. The van der Waals surface area contributed by atoms with E-state index in [-0.39, 0.29) is 11.7 Å². The summed E-state index contributed by atoms with van der Waals surface area (Å²) in [5.41, 5.74) is -1.24. The number of halogens is 4. The van der Waals surface area contributed by atoms with Gasteiger partial charge in [-0.25, -0.2) is 14.1 Å². The highest BCUT2D eigenvalue weighted by atomic mass is 19.4. The van der Waals surface area contributed by atoms with Crippen molar-refractivity contribution in [2.45, 2.75) is 19.1 Å². The Morgan fingerprint density at radius 3 is 2.71 bits per heavy atom. The van der Waals surface area contributed by atoms with Crippen LogP contribution in [0.5, 0.6) is 5.75 Å². The molecule has 0 bridgehead atoms. The molecule has 0 saturated carbocycles. The van der Waals surface area contributed by atoms with Crippen molar-refractivity contribution in [3.05, 3.63) is 42.0 Å². The average molecular weight is 396 g/mol. The molecule has 1 fully saturated rings. The second-order valence-corrected chi connectivity index (χ2v) is 6.60. The Balaban J connectivity index is 1.78. The van der Waals surface area contributed by atoms with E-state index >= 15 is 0 Å². The van der Waals surface area contributed by atoms with E-state index in [4.69, 9.17) is 4.74 Å². The minimum Gasteiger partial charge on any atom is -0.505 e. The number of aromatic nitrogens is 3. The van der Waals surface area contributed by atoms with Crippen molar-refractivity contribution < 1.29 is 27.4 Å². The van der Waals surface area contributed by atoms with E-state index < -0.39 is 23.3 Å². The molecule has 3 aromatic rings. The molecular formula is C18H16F4N4O2. The molecule has 0 unspecified atom stereocenters. The van der Waals surface area contributed by atoms with Gasteiger partial charge in [0.1, 0.15) is 5.82 Å². The highest BCUT2D eigenvalue weighted by Gasteiger charge is 2.36. The predicted octanol–water partition coefficient (Wildman–Crippen LogP) is 3.51. The van der Waals surface area contributed by atoms with Crippen LogP contribution in [0, 0.1) is 5.82 Å². The number of phenolic OH excluding ortho intramolecular Hbond substituents is 1. The number of anilines is 1. The first-order chi connectivity index (χ1) is 13.3. The molecule has 0 spiro atoms. The van der Waals surface area contributed by atoms with Gasteiger partial charge < -0.3 is 14.7 Å². The molecular weight excluding hydrogens is 380 g/mol. The molecule has 1 aliphatic heterocycles. The molecule has 3 heterocycles. The quantitative estimate of drug-likeness (QED) is 0.672. The molecule has 4 rings (SSSR count). The maximum Gasteiger partial charge on any atom is 0.419 e. The van der Waals surface area contributed by atoms with Crippen molar-refractivity contribution in [3.8, 4) is 11.4 Å². The Kier molecular flexibility index (Phi) is 4.37. The van der Waals surface area contributed by atoms with Crippen LogP contribution in [-0.2, 0) is 10.9 Å². The summed E-state index contributed by atoms with van der Waals surface area (Å²) in [7, 11) is 0. The molecule has 2 aromatic heterocycles. The predicted molar refractivity (Wildman–Crippen MR) is 93.1 cm³/mol. The van der Waals surface area contributed by atoms with Crippen LogP contribution < -0.4 is 4.90 Å². The number of phenols is 1. The SMILES string of the molecule is C[C@@H]1COCCN1c1cc2cnn(-c3cc(O)c(F)c(C(F)(F)F)c3)c2cn1. The number of benzene rings is 1. The fraction of sp³-hybridized carbons (Fsp3) is 0.333. The smallest absolute Gasteiger partial charge is 0.419 e. The third-order valence-electron chi connectivity index (χ3n) is 4.69. The molecule has 10 heteroatoms. The van der Waals surface area contributed by atoms with Crippen LogP contribution in [0.1, 0.15) is 12.5 Å². The van der Waals surface area contributed by atoms with Crippen molar-refractivity contribution >= 4 is 16.7 Å². The molecule has 1 saturated heterocycles. The van der Waals surface area contributed by atoms with E-state index in [0.29, 0.717) is 42.5 Å². The van der Waals surface area contributed by atoms with Gasteiger partial charge in [0, 0.05) is 18.0 Å². The second-order valence-electron chi connectivity index (χ2n) is 6.60. The summed E-state index contributed by atoms with van der Waals surface area (Å²) in [5, 5.41) is 14.4. The number of rotatable bonds is 2. The summed E-state index contributed by atoms with van der Waals surface area (Å²) in [6.45, 7) is 3.84. The van der Waals surface area contributed by atoms with Gasteiger partial charge in [-0.15, -0.1) is 0 Å². The summed E-state index contributed by atoms with van der Waals surface area (Å²) in [6, 6.07) is 3.43. The average Bonchev–Trinajstić information content (AvgIpc) is 3.06. The molecule has 1 aromatic carbocycles. The lowest BCUT2D eigenvalue weighted by Gasteiger charge is -2.34. The molecule has 28 heavy (non-hydrogen) atoms. The third-order valence-corrected chi connectivity index (χ3v) is 4.69. The fourth-order valence-corrected chi connectivity index (χ4v) is 3.27. The summed E-state index contributed by atoms with van der Waals surface area (Å²) >= 11 is 0. The number of hydrogen-bond donors (Lipinski definition) is 1. The monoisotopic (exact) mass is 396 g/mol. The van der Waals surface area contributed by atoms with Gasteiger partial charge in [-0.2, -0.15) is 18.3 Å². The van der Waals surface area contributed by atoms with Crippen molar-refractivity contribution in [2.75, 3.05) is 24.7 Å². The number of alkyl halides is 3. The van der Waals surface area contributed by atoms with E-state index in [0.717, 1.165) is 6.07 Å². The minimum atomic E-state index is -4.95. The zero-order chi connectivity index (χ0) is 20.1. The van der Waals surface area contributed by atoms with Gasteiger partial charge in [0.25, 0.3) is 0 Å². The van der Waals surface area contributed by atoms with Gasteiger partial charge in [-0.05, 0) is 19.1 Å². The number of fused-ring (bicyclic) bond motifs is 1. The Morgan fingerprint density at radius 1 is 1.21 bits per heavy atom. The zero-order valence-corrected chi connectivity index (χ0v) is 14.7. The molecule has 1 N–H and O–H groups in total. The Hall–Kier alpha value is -2.88. The second kappa shape index (κ2) is 6.62. The summed E-state index contributed by atoms with van der Waals surface area (Å²) in [6.07, 6.45) is -1.97. The van der Waals surface area contributed by atoms with Gasteiger partial charge in [0.2, 0.25) is 0 Å². The van der Waals surface area contributed by atoms with Crippen LogP contribution in [0.2, 0.25) is 0 Å². The molecule has 0 radical (unpaired) electrons. The minimum absolute atomic E-state index is 0.115. The molecule has 6 nitrogen and oxygen atoms in total. The molecule has 148 valence electrons. The number of hydrogen-bond acceptors (Lipinski definition) is 5. The maximum absolute atomic E-state index is 13.7. The first kappa shape index (κ1) is 18.5. The maximum atomic E-state index is 13.7. The number of aromatic hydroxyl groups is 1. The standard InChI is InChI=1S/C18H16F4N4O2/c1-10-9-28-3-2-25(10)16-4-11-7-24-26(14(11)8-23-16)12-5-13(18(20,21)22)17(19)15(27)6-12/h4-8,10,27H,2-3,9H2,1H3/t10-/m1/s1. The van der Waals surface area contributed by atoms with E-state index in [2.05, 4.69) is 15.0 Å². The Labute approximate surface area is 157 Å². The van der Waals surface area contributed by atoms with E-state index in [1.807, 2.05) is 6.92 Å². The van der Waals surface area contributed by atoms with Crippen LogP contribution in [0.25, 0.3) is 16.6 Å². The van der Waals surface area contributed by atoms with Crippen molar-refractivity contribution in [2.24, 2.45) is 0 Å². The third kappa shape index (κ3) is 3.13. The van der Waals surface area contributed by atoms with E-state index in [1.54, 1.807) is 6.07 Å². The van der Waals surface area contributed by atoms with Crippen LogP contribution in [0.4, 0.5) is 23.4 Å². The van der Waals surface area contributed by atoms with Gasteiger partial charge >= 0.3 is 6.18 Å². The highest BCUT2D eigenvalue weighted by Crippen LogP contribution is 2.37. The first-order valence-electron chi connectivity index (χ1n) is 8.54. The zero-order valence-electron chi connectivity index (χ0n) is 14.7. The van der Waals surface area contributed by atoms with Crippen molar-refractivity contribution in [1.82, 2.24) is 14.8 Å². The van der Waals surface area contributed by atoms with Crippen molar-refractivity contribution in [3.63, 3.8) is 0 Å². The topological polar surface area (TPSA) is 63.4 Å². The van der Waals surface area contributed by atoms with Gasteiger partial charge in [-0.3, -0.25) is 0 Å². The lowest BCUT2D eigenvalue weighted by molar-refractivity contribution is -0.140. The molecule has 0 aliphatic carbocycles. The van der Waals surface area contributed by atoms with Crippen LogP contribution in [0.3, 0.4) is 0 Å². The van der Waals surface area contributed by atoms with Crippen LogP contribution >= 0.6 is 0 Å². The van der Waals surface area contributed by atoms with Crippen molar-refractivity contribution in [1.29, 1.82) is 0 Å². The Morgan fingerprint density at radius 2 is 2.00 bits per heavy atom. The van der Waals surface area contributed by atoms with Gasteiger partial charge in [0.15, 0.2) is 11.6 Å². The lowest BCUT2D eigenvalue weighted by atomic mass is 10.1. The van der Waals surface area contributed by atoms with E-state index in [9.17, 15) is 22.7 Å². The number of morpholine rings is 1. The highest BCUT2D eigenvalue weighted by molar-refractivity contribution is 5.82. The fourth-order valence-electron chi connectivity index (χ4n) is 3.27. The molecule has 1 aliphatic rings. The van der Waals surface area contributed by atoms with Crippen LogP contribution in [0.15, 0.2) is 30.6 Å².